The number of hydrogen-bond acceptors (Lipinski definition) is 6. The first-order valence-electron chi connectivity index (χ1n) is 8.01. The van der Waals surface area contributed by atoms with Crippen LogP contribution in [0.1, 0.15) is 11.3 Å². The number of nitrogens with zero attached hydrogens (tertiary/aromatic N) is 1. The molecule has 3 rings (SSSR count). The zero-order valence-corrected chi connectivity index (χ0v) is 14.4. The van der Waals surface area contributed by atoms with Crippen molar-refractivity contribution in [2.45, 2.75) is 11.8 Å². The molecule has 7 nitrogen and oxygen atoms in total. The van der Waals surface area contributed by atoms with Gasteiger partial charge < -0.3 is 14.8 Å². The minimum absolute atomic E-state index is 0.0472. The topological polar surface area (TPSA) is 94.6 Å². The molecule has 1 amide bonds. The number of ether oxygens (including phenoxy) is 2. The SMILES string of the molecule is COC(=O)C(C(=O)OC)[C@@]1(Cc2ccccn2)C(=O)Nc2ccccc21. The number of fused-ring (bicyclic) bond motifs is 1. The fourth-order valence-corrected chi connectivity index (χ4v) is 3.42. The second kappa shape index (κ2) is 6.95. The quantitative estimate of drug-likeness (QED) is 0.645. The van der Waals surface area contributed by atoms with Crippen LogP contribution >= 0.6 is 0 Å². The molecule has 0 saturated heterocycles. The lowest BCUT2D eigenvalue weighted by Gasteiger charge is -2.32. The fraction of sp³-hybridized carbons (Fsp3) is 0.263. The van der Waals surface area contributed by atoms with Gasteiger partial charge in [0.25, 0.3) is 0 Å². The van der Waals surface area contributed by atoms with E-state index in [-0.39, 0.29) is 6.42 Å². The Hall–Kier alpha value is -3.22. The number of anilines is 1. The van der Waals surface area contributed by atoms with Gasteiger partial charge in [0.1, 0.15) is 5.41 Å². The number of nitrogens with one attached hydrogen (secondary N) is 1. The van der Waals surface area contributed by atoms with Crippen LogP contribution in [0, 0.1) is 5.92 Å². The van der Waals surface area contributed by atoms with E-state index in [1.54, 1.807) is 48.7 Å². The average Bonchev–Trinajstić information content (AvgIpc) is 2.94. The number of pyridine rings is 1. The highest BCUT2D eigenvalue weighted by molar-refractivity contribution is 6.13. The molecule has 0 spiro atoms. The summed E-state index contributed by atoms with van der Waals surface area (Å²) in [7, 11) is 2.34. The molecule has 1 atom stereocenters. The minimum atomic E-state index is -1.51. The number of amides is 1. The number of methoxy groups -OCH3 is 2. The van der Waals surface area contributed by atoms with Gasteiger partial charge in [0.15, 0.2) is 5.92 Å². The van der Waals surface area contributed by atoms with E-state index in [1.165, 1.54) is 14.2 Å². The first kappa shape index (κ1) is 17.6. The van der Waals surface area contributed by atoms with E-state index in [4.69, 9.17) is 9.47 Å². The molecule has 2 heterocycles. The van der Waals surface area contributed by atoms with Crippen molar-refractivity contribution in [3.8, 4) is 0 Å². The maximum absolute atomic E-state index is 13.1. The van der Waals surface area contributed by atoms with E-state index in [9.17, 15) is 14.4 Å². The Bertz CT molecular complexity index is 836. The summed E-state index contributed by atoms with van der Waals surface area (Å²) in [5.41, 5.74) is 0.144. The number of rotatable bonds is 5. The molecule has 1 N–H and O–H groups in total. The maximum atomic E-state index is 13.1. The van der Waals surface area contributed by atoms with Gasteiger partial charge in [-0.3, -0.25) is 19.4 Å². The highest BCUT2D eigenvalue weighted by atomic mass is 16.5. The van der Waals surface area contributed by atoms with Crippen LogP contribution in [-0.2, 0) is 35.7 Å². The van der Waals surface area contributed by atoms with Crippen LogP contribution in [0.2, 0.25) is 0 Å². The molecular formula is C19H18N2O5. The Morgan fingerprint density at radius 1 is 1.08 bits per heavy atom. The summed E-state index contributed by atoms with van der Waals surface area (Å²) in [5.74, 6) is -3.59. The molecule has 1 aromatic heterocycles. The van der Waals surface area contributed by atoms with Crippen molar-refractivity contribution in [3.05, 3.63) is 59.9 Å². The van der Waals surface area contributed by atoms with E-state index in [1.807, 2.05) is 0 Å². The third-order valence-corrected chi connectivity index (χ3v) is 4.61. The molecular weight excluding hydrogens is 336 g/mol. The van der Waals surface area contributed by atoms with E-state index in [0.717, 1.165) is 0 Å². The summed E-state index contributed by atoms with van der Waals surface area (Å²) in [4.78, 5) is 42.4. The van der Waals surface area contributed by atoms with Gasteiger partial charge in [0.2, 0.25) is 5.91 Å². The number of carbonyl (C=O) groups excluding carboxylic acids is 3. The van der Waals surface area contributed by atoms with Crippen molar-refractivity contribution in [1.82, 2.24) is 4.98 Å². The number of benzene rings is 1. The molecule has 2 aromatic rings. The normalized spacial score (nSPS) is 18.2. The lowest BCUT2D eigenvalue weighted by Crippen LogP contribution is -2.51. The van der Waals surface area contributed by atoms with Crippen LogP contribution in [0.4, 0.5) is 5.69 Å². The number of hydrogen-bond donors (Lipinski definition) is 1. The van der Waals surface area contributed by atoms with Gasteiger partial charge >= 0.3 is 11.9 Å². The van der Waals surface area contributed by atoms with Crippen molar-refractivity contribution >= 4 is 23.5 Å². The zero-order valence-electron chi connectivity index (χ0n) is 14.4. The predicted molar refractivity (Wildman–Crippen MR) is 92.2 cm³/mol. The lowest BCUT2D eigenvalue weighted by atomic mass is 9.67. The van der Waals surface area contributed by atoms with Crippen LogP contribution in [0.5, 0.6) is 0 Å². The van der Waals surface area contributed by atoms with Crippen molar-refractivity contribution in [3.63, 3.8) is 0 Å². The number of esters is 2. The first-order valence-corrected chi connectivity index (χ1v) is 8.01. The van der Waals surface area contributed by atoms with E-state index < -0.39 is 29.2 Å². The number of para-hydroxylation sites is 1. The zero-order chi connectivity index (χ0) is 18.7. The van der Waals surface area contributed by atoms with Crippen LogP contribution < -0.4 is 5.32 Å². The van der Waals surface area contributed by atoms with Crippen LogP contribution in [0.25, 0.3) is 0 Å². The maximum Gasteiger partial charge on any atom is 0.321 e. The van der Waals surface area contributed by atoms with Gasteiger partial charge in [-0.25, -0.2) is 0 Å². The second-order valence-electron chi connectivity index (χ2n) is 5.95. The van der Waals surface area contributed by atoms with Gasteiger partial charge in [0, 0.05) is 24.0 Å². The van der Waals surface area contributed by atoms with Crippen LogP contribution in [0.3, 0.4) is 0 Å². The molecule has 1 aromatic carbocycles. The van der Waals surface area contributed by atoms with E-state index in [0.29, 0.717) is 16.9 Å². The summed E-state index contributed by atoms with van der Waals surface area (Å²) < 4.78 is 9.67. The summed E-state index contributed by atoms with van der Waals surface area (Å²) in [6, 6.07) is 12.2. The van der Waals surface area contributed by atoms with Crippen molar-refractivity contribution in [2.75, 3.05) is 19.5 Å². The van der Waals surface area contributed by atoms with E-state index in [2.05, 4.69) is 10.3 Å². The van der Waals surface area contributed by atoms with Gasteiger partial charge in [-0.2, -0.15) is 0 Å². The Labute approximate surface area is 150 Å². The Morgan fingerprint density at radius 2 is 1.73 bits per heavy atom. The summed E-state index contributed by atoms with van der Waals surface area (Å²) in [6.45, 7) is 0. The van der Waals surface area contributed by atoms with E-state index >= 15 is 0 Å². The highest BCUT2D eigenvalue weighted by Crippen LogP contribution is 2.46. The Kier molecular flexibility index (Phi) is 4.71. The molecule has 0 saturated carbocycles. The molecule has 0 bridgehead atoms. The third-order valence-electron chi connectivity index (χ3n) is 4.61. The second-order valence-corrected chi connectivity index (χ2v) is 5.95. The fourth-order valence-electron chi connectivity index (χ4n) is 3.42. The Balaban J connectivity index is 2.24. The molecule has 1 aliphatic heterocycles. The molecule has 7 heteroatoms. The first-order chi connectivity index (χ1) is 12.5. The Morgan fingerprint density at radius 3 is 2.35 bits per heavy atom. The number of aromatic nitrogens is 1. The van der Waals surface area contributed by atoms with Crippen LogP contribution in [0.15, 0.2) is 48.7 Å². The molecule has 1 aliphatic rings. The monoisotopic (exact) mass is 354 g/mol. The molecule has 134 valence electrons. The average molecular weight is 354 g/mol. The molecule has 0 aliphatic carbocycles. The molecule has 0 fully saturated rings. The highest BCUT2D eigenvalue weighted by Gasteiger charge is 2.59. The van der Waals surface area contributed by atoms with Gasteiger partial charge in [-0.15, -0.1) is 0 Å². The third kappa shape index (κ3) is 2.71. The smallest absolute Gasteiger partial charge is 0.321 e. The molecule has 0 unspecified atom stereocenters. The van der Waals surface area contributed by atoms with Crippen LogP contribution in [-0.4, -0.2) is 37.0 Å². The van der Waals surface area contributed by atoms with Gasteiger partial charge in [-0.1, -0.05) is 24.3 Å². The summed E-state index contributed by atoms with van der Waals surface area (Å²) >= 11 is 0. The van der Waals surface area contributed by atoms with Gasteiger partial charge in [-0.05, 0) is 23.8 Å². The molecule has 26 heavy (non-hydrogen) atoms. The standard InChI is InChI=1S/C19H18N2O5/c1-25-16(22)15(17(23)26-2)19(11-12-7-5-6-10-20-12)13-8-3-4-9-14(13)21-18(19)24/h3-10,15H,11H2,1-2H3,(H,21,24)/t19-/m0/s1. The van der Waals surface area contributed by atoms with Crippen molar-refractivity contribution in [2.24, 2.45) is 5.92 Å². The predicted octanol–water partition coefficient (Wildman–Crippen LogP) is 1.48. The van der Waals surface area contributed by atoms with Gasteiger partial charge in [0.05, 0.1) is 14.2 Å². The largest absolute Gasteiger partial charge is 0.468 e. The minimum Gasteiger partial charge on any atom is -0.468 e. The summed E-state index contributed by atoms with van der Waals surface area (Å²) in [6.07, 6.45) is 1.64. The van der Waals surface area contributed by atoms with Crippen molar-refractivity contribution in [1.29, 1.82) is 0 Å². The number of carbonyl (C=O) groups is 3. The lowest BCUT2D eigenvalue weighted by molar-refractivity contribution is -0.164. The molecule has 0 radical (unpaired) electrons. The van der Waals surface area contributed by atoms with Crippen molar-refractivity contribution < 1.29 is 23.9 Å². The summed E-state index contributed by atoms with van der Waals surface area (Å²) in [5, 5.41) is 2.76.